The number of anilines is 2. The molecule has 1 heterocycles. The highest BCUT2D eigenvalue weighted by Crippen LogP contribution is 2.28. The van der Waals surface area contributed by atoms with Gasteiger partial charge < -0.3 is 20.7 Å². The van der Waals surface area contributed by atoms with Crippen LogP contribution < -0.4 is 16.0 Å². The Morgan fingerprint density at radius 1 is 1.36 bits per heavy atom. The molecule has 0 radical (unpaired) electrons. The Labute approximate surface area is 136 Å². The zero-order valence-electron chi connectivity index (χ0n) is 13.4. The van der Waals surface area contributed by atoms with Crippen molar-refractivity contribution in [3.05, 3.63) is 23.2 Å². The van der Waals surface area contributed by atoms with Crippen molar-refractivity contribution in [3.63, 3.8) is 0 Å². The van der Waals surface area contributed by atoms with Crippen LogP contribution in [-0.4, -0.2) is 30.8 Å². The van der Waals surface area contributed by atoms with Gasteiger partial charge >= 0.3 is 6.09 Å². The van der Waals surface area contributed by atoms with Crippen LogP contribution in [0.1, 0.15) is 33.6 Å². The maximum atomic E-state index is 11.8. The molecule has 22 heavy (non-hydrogen) atoms. The van der Waals surface area contributed by atoms with Crippen molar-refractivity contribution in [3.8, 4) is 0 Å². The summed E-state index contributed by atoms with van der Waals surface area (Å²) >= 11 is 5.93. The first kappa shape index (κ1) is 16.7. The van der Waals surface area contributed by atoms with E-state index in [2.05, 4.69) is 10.2 Å². The highest BCUT2D eigenvalue weighted by molar-refractivity contribution is 6.31. The Bertz CT molecular complexity index is 535. The number of nitrogen functional groups attached to an aromatic ring is 1. The fourth-order valence-corrected chi connectivity index (χ4v) is 2.73. The molecule has 0 unspecified atom stereocenters. The summed E-state index contributed by atoms with van der Waals surface area (Å²) in [6.07, 6.45) is 1.37. The number of alkyl carbamates (subject to hydrolysis) is 1. The van der Waals surface area contributed by atoms with E-state index in [1.165, 1.54) is 0 Å². The molecular formula is C16H24ClN3O2. The number of carbonyl (C=O) groups is 1. The smallest absolute Gasteiger partial charge is 0.407 e. The number of hydrogen-bond acceptors (Lipinski definition) is 4. The van der Waals surface area contributed by atoms with Crippen molar-refractivity contribution < 1.29 is 9.53 Å². The minimum atomic E-state index is -0.470. The van der Waals surface area contributed by atoms with Crippen molar-refractivity contribution >= 4 is 29.1 Å². The standard InChI is InChI=1S/C16H24ClN3O2/c1-16(2,3)22-15(21)19-12-6-8-20(9-7-12)14-5-4-11(17)10-13(14)18/h4-5,10,12H,6-9,18H2,1-3H3,(H,19,21). The summed E-state index contributed by atoms with van der Waals surface area (Å²) in [6.45, 7) is 7.26. The maximum Gasteiger partial charge on any atom is 0.407 e. The molecule has 0 spiro atoms. The van der Waals surface area contributed by atoms with Crippen LogP contribution in [0, 0.1) is 0 Å². The topological polar surface area (TPSA) is 67.6 Å². The minimum Gasteiger partial charge on any atom is -0.444 e. The first-order valence-electron chi connectivity index (χ1n) is 7.54. The lowest BCUT2D eigenvalue weighted by molar-refractivity contribution is 0.0497. The zero-order chi connectivity index (χ0) is 16.3. The lowest BCUT2D eigenvalue weighted by Gasteiger charge is -2.34. The van der Waals surface area contributed by atoms with Crippen molar-refractivity contribution in [2.45, 2.75) is 45.3 Å². The SMILES string of the molecule is CC(C)(C)OC(=O)NC1CCN(c2ccc(Cl)cc2N)CC1. The van der Waals surface area contributed by atoms with E-state index in [1.807, 2.05) is 32.9 Å². The average Bonchev–Trinajstić information content (AvgIpc) is 2.38. The Kier molecular flexibility index (Phi) is 5.06. The Morgan fingerprint density at radius 2 is 2.00 bits per heavy atom. The largest absolute Gasteiger partial charge is 0.444 e. The quantitative estimate of drug-likeness (QED) is 0.818. The van der Waals surface area contributed by atoms with Gasteiger partial charge in [-0.25, -0.2) is 4.79 Å². The first-order chi connectivity index (χ1) is 10.2. The van der Waals surface area contributed by atoms with E-state index in [0.29, 0.717) is 10.7 Å². The molecule has 1 aliphatic rings. The van der Waals surface area contributed by atoms with Crippen molar-refractivity contribution in [1.82, 2.24) is 5.32 Å². The normalized spacial score (nSPS) is 16.5. The highest BCUT2D eigenvalue weighted by atomic mass is 35.5. The van der Waals surface area contributed by atoms with Crippen LogP contribution in [0.25, 0.3) is 0 Å². The van der Waals surface area contributed by atoms with Crippen LogP contribution in [0.2, 0.25) is 5.02 Å². The van der Waals surface area contributed by atoms with E-state index >= 15 is 0 Å². The zero-order valence-corrected chi connectivity index (χ0v) is 14.1. The lowest BCUT2D eigenvalue weighted by atomic mass is 10.0. The Morgan fingerprint density at radius 3 is 2.55 bits per heavy atom. The summed E-state index contributed by atoms with van der Waals surface area (Å²) < 4.78 is 5.29. The number of ether oxygens (including phenoxy) is 1. The molecular weight excluding hydrogens is 302 g/mol. The van der Waals surface area contributed by atoms with Crippen LogP contribution in [0.3, 0.4) is 0 Å². The molecule has 1 saturated heterocycles. The third-order valence-corrected chi connectivity index (χ3v) is 3.78. The van der Waals surface area contributed by atoms with E-state index in [-0.39, 0.29) is 12.1 Å². The fraction of sp³-hybridized carbons (Fsp3) is 0.562. The number of nitrogens with zero attached hydrogens (tertiary/aromatic N) is 1. The van der Waals surface area contributed by atoms with E-state index in [0.717, 1.165) is 31.6 Å². The van der Waals surface area contributed by atoms with Crippen molar-refractivity contribution in [2.24, 2.45) is 0 Å². The number of benzene rings is 1. The van der Waals surface area contributed by atoms with Gasteiger partial charge in [0.2, 0.25) is 0 Å². The number of rotatable bonds is 2. The van der Waals surface area contributed by atoms with E-state index in [9.17, 15) is 4.79 Å². The second kappa shape index (κ2) is 6.65. The highest BCUT2D eigenvalue weighted by Gasteiger charge is 2.24. The molecule has 6 heteroatoms. The third-order valence-electron chi connectivity index (χ3n) is 3.55. The molecule has 2 rings (SSSR count). The van der Waals surface area contributed by atoms with E-state index in [1.54, 1.807) is 6.07 Å². The number of halogens is 1. The third kappa shape index (κ3) is 4.70. The van der Waals surface area contributed by atoms with Crippen LogP contribution in [0.4, 0.5) is 16.2 Å². The summed E-state index contributed by atoms with van der Waals surface area (Å²) in [4.78, 5) is 14.0. The maximum absolute atomic E-state index is 11.8. The fourth-order valence-electron chi connectivity index (χ4n) is 2.55. The minimum absolute atomic E-state index is 0.139. The van der Waals surface area contributed by atoms with Crippen LogP contribution >= 0.6 is 11.6 Å². The molecule has 3 N–H and O–H groups in total. The van der Waals surface area contributed by atoms with Gasteiger partial charge in [-0.1, -0.05) is 11.6 Å². The van der Waals surface area contributed by atoms with Gasteiger partial charge in [0.15, 0.2) is 0 Å². The molecule has 1 amide bonds. The predicted octanol–water partition coefficient (Wildman–Crippen LogP) is 3.42. The van der Waals surface area contributed by atoms with Crippen molar-refractivity contribution in [1.29, 1.82) is 0 Å². The predicted molar refractivity (Wildman–Crippen MR) is 90.5 cm³/mol. The molecule has 5 nitrogen and oxygen atoms in total. The van der Waals surface area contributed by atoms with Gasteiger partial charge in [-0.15, -0.1) is 0 Å². The first-order valence-corrected chi connectivity index (χ1v) is 7.92. The van der Waals surface area contributed by atoms with E-state index < -0.39 is 5.60 Å². The summed E-state index contributed by atoms with van der Waals surface area (Å²) in [5, 5.41) is 3.57. The van der Waals surface area contributed by atoms with Crippen molar-refractivity contribution in [2.75, 3.05) is 23.7 Å². The summed E-state index contributed by atoms with van der Waals surface area (Å²) in [5.41, 5.74) is 7.24. The molecule has 1 aromatic carbocycles. The van der Waals surface area contributed by atoms with Gasteiger partial charge in [0.25, 0.3) is 0 Å². The van der Waals surface area contributed by atoms with Crippen LogP contribution in [0.15, 0.2) is 18.2 Å². The summed E-state index contributed by atoms with van der Waals surface area (Å²) in [5.74, 6) is 0. The van der Waals surface area contributed by atoms with Gasteiger partial charge in [0.1, 0.15) is 5.60 Å². The van der Waals surface area contributed by atoms with Gasteiger partial charge in [0.05, 0.1) is 11.4 Å². The second-order valence-electron chi connectivity index (χ2n) is 6.61. The number of nitrogens with two attached hydrogens (primary N) is 1. The number of piperidine rings is 1. The number of carbonyl (C=O) groups excluding carboxylic acids is 1. The molecule has 0 atom stereocenters. The molecule has 0 saturated carbocycles. The van der Waals surface area contributed by atoms with Gasteiger partial charge in [-0.2, -0.15) is 0 Å². The molecule has 1 aromatic rings. The number of nitrogens with one attached hydrogen (secondary N) is 1. The monoisotopic (exact) mass is 325 g/mol. The summed E-state index contributed by atoms with van der Waals surface area (Å²) in [7, 11) is 0. The molecule has 122 valence electrons. The second-order valence-corrected chi connectivity index (χ2v) is 7.05. The Hall–Kier alpha value is -1.62. The number of hydrogen-bond donors (Lipinski definition) is 2. The van der Waals surface area contributed by atoms with Gasteiger partial charge in [0, 0.05) is 24.2 Å². The molecule has 0 bridgehead atoms. The molecule has 0 aliphatic carbocycles. The molecule has 1 fully saturated rings. The van der Waals surface area contributed by atoms with Gasteiger partial charge in [-0.3, -0.25) is 0 Å². The summed E-state index contributed by atoms with van der Waals surface area (Å²) in [6, 6.07) is 5.69. The number of amides is 1. The van der Waals surface area contributed by atoms with Gasteiger partial charge in [-0.05, 0) is 51.8 Å². The van der Waals surface area contributed by atoms with Crippen LogP contribution in [-0.2, 0) is 4.74 Å². The Balaban J connectivity index is 1.86. The molecule has 0 aromatic heterocycles. The molecule has 1 aliphatic heterocycles. The average molecular weight is 326 g/mol. The lowest BCUT2D eigenvalue weighted by Crippen LogP contribution is -2.46. The van der Waals surface area contributed by atoms with E-state index in [4.69, 9.17) is 22.1 Å². The van der Waals surface area contributed by atoms with Crippen LogP contribution in [0.5, 0.6) is 0 Å².